The van der Waals surface area contributed by atoms with Crippen LogP contribution in [0.2, 0.25) is 0 Å². The van der Waals surface area contributed by atoms with Crippen molar-refractivity contribution in [1.29, 1.82) is 0 Å². The van der Waals surface area contributed by atoms with E-state index in [1.54, 1.807) is 7.11 Å². The number of benzene rings is 1. The molecule has 2 fully saturated rings. The Bertz CT molecular complexity index is 457. The normalized spacial score (nSPS) is 24.4. The number of rotatable bonds is 4. The molecule has 0 aliphatic carbocycles. The molecule has 2 N–H and O–H groups in total. The van der Waals surface area contributed by atoms with E-state index >= 15 is 0 Å². The molecule has 4 heteroatoms. The van der Waals surface area contributed by atoms with Crippen molar-refractivity contribution in [3.8, 4) is 5.75 Å². The maximum absolute atomic E-state index is 5.82. The van der Waals surface area contributed by atoms with E-state index in [1.165, 1.54) is 51.0 Å². The predicted molar refractivity (Wildman–Crippen MR) is 81.9 cm³/mol. The number of nitrogen functional groups attached to an aromatic ring is 1. The number of anilines is 1. The van der Waals surface area contributed by atoms with Gasteiger partial charge in [-0.15, -0.1) is 0 Å². The van der Waals surface area contributed by atoms with Crippen molar-refractivity contribution >= 4 is 5.69 Å². The van der Waals surface area contributed by atoms with Gasteiger partial charge in [-0.2, -0.15) is 0 Å². The fourth-order valence-corrected chi connectivity index (χ4v) is 3.49. The van der Waals surface area contributed by atoms with Gasteiger partial charge in [0.2, 0.25) is 0 Å². The van der Waals surface area contributed by atoms with Crippen LogP contribution in [0.1, 0.15) is 24.8 Å². The summed E-state index contributed by atoms with van der Waals surface area (Å²) < 4.78 is 5.45. The lowest BCUT2D eigenvalue weighted by atomic mass is 10.1. The lowest BCUT2D eigenvalue weighted by Crippen LogP contribution is -2.35. The van der Waals surface area contributed by atoms with Crippen LogP contribution in [0.4, 0.5) is 5.69 Å². The zero-order valence-corrected chi connectivity index (χ0v) is 12.3. The summed E-state index contributed by atoms with van der Waals surface area (Å²) in [7, 11) is 1.72. The number of nitrogens with two attached hydrogens (primary N) is 1. The summed E-state index contributed by atoms with van der Waals surface area (Å²) in [5, 5.41) is 0. The van der Waals surface area contributed by atoms with Crippen molar-refractivity contribution in [2.75, 3.05) is 39.0 Å². The van der Waals surface area contributed by atoms with Gasteiger partial charge in [0, 0.05) is 43.0 Å². The summed E-state index contributed by atoms with van der Waals surface area (Å²) in [6.07, 6.45) is 4.06. The van der Waals surface area contributed by atoms with Gasteiger partial charge in [-0.3, -0.25) is 9.80 Å². The molecule has 4 nitrogen and oxygen atoms in total. The third-order valence-corrected chi connectivity index (χ3v) is 4.61. The fourth-order valence-electron chi connectivity index (χ4n) is 3.49. The smallest absolute Gasteiger partial charge is 0.125 e. The van der Waals surface area contributed by atoms with Crippen LogP contribution in [0.5, 0.6) is 5.75 Å². The Labute approximate surface area is 121 Å². The Hall–Kier alpha value is -1.26. The third kappa shape index (κ3) is 2.91. The molecule has 1 aromatic carbocycles. The van der Waals surface area contributed by atoms with E-state index in [4.69, 9.17) is 10.5 Å². The van der Waals surface area contributed by atoms with Crippen molar-refractivity contribution in [3.63, 3.8) is 0 Å². The summed E-state index contributed by atoms with van der Waals surface area (Å²) in [5.41, 5.74) is 7.82. The van der Waals surface area contributed by atoms with Gasteiger partial charge in [0.25, 0.3) is 0 Å². The topological polar surface area (TPSA) is 41.7 Å². The molecule has 1 aromatic rings. The summed E-state index contributed by atoms with van der Waals surface area (Å²) >= 11 is 0. The van der Waals surface area contributed by atoms with E-state index in [-0.39, 0.29) is 0 Å². The standard InChI is InChI=1S/C16H25N3O/c1-20-16-10-14(17)5-4-13(16)11-18-9-6-15(12-18)19-7-2-3-8-19/h4-5,10,15H,2-3,6-9,11-12,17H2,1H3. The minimum absolute atomic E-state index is 0.761. The first kappa shape index (κ1) is 13.7. The maximum atomic E-state index is 5.82. The van der Waals surface area contributed by atoms with E-state index in [0.717, 1.165) is 24.0 Å². The highest BCUT2D eigenvalue weighted by Gasteiger charge is 2.29. The van der Waals surface area contributed by atoms with E-state index in [1.807, 2.05) is 12.1 Å². The molecule has 2 saturated heterocycles. The molecule has 0 radical (unpaired) electrons. The minimum Gasteiger partial charge on any atom is -0.496 e. The Morgan fingerprint density at radius 2 is 2.05 bits per heavy atom. The number of nitrogens with zero attached hydrogens (tertiary/aromatic N) is 2. The molecular weight excluding hydrogens is 250 g/mol. The van der Waals surface area contributed by atoms with Gasteiger partial charge in [0.15, 0.2) is 0 Å². The van der Waals surface area contributed by atoms with Crippen molar-refractivity contribution in [1.82, 2.24) is 9.80 Å². The fraction of sp³-hybridized carbons (Fsp3) is 0.625. The molecule has 110 valence electrons. The van der Waals surface area contributed by atoms with Gasteiger partial charge in [-0.25, -0.2) is 0 Å². The summed E-state index contributed by atoms with van der Waals surface area (Å²) in [6, 6.07) is 6.74. The molecule has 0 aromatic heterocycles. The largest absolute Gasteiger partial charge is 0.496 e. The average Bonchev–Trinajstić information content (AvgIpc) is 3.11. The number of likely N-dealkylation sites (tertiary alicyclic amines) is 2. The highest BCUT2D eigenvalue weighted by atomic mass is 16.5. The second-order valence-electron chi connectivity index (χ2n) is 5.99. The monoisotopic (exact) mass is 275 g/mol. The van der Waals surface area contributed by atoms with Crippen molar-refractivity contribution in [2.24, 2.45) is 0 Å². The Morgan fingerprint density at radius 3 is 2.80 bits per heavy atom. The van der Waals surface area contributed by atoms with Crippen LogP contribution in [0.25, 0.3) is 0 Å². The lowest BCUT2D eigenvalue weighted by molar-refractivity contribution is 0.229. The van der Waals surface area contributed by atoms with E-state index < -0.39 is 0 Å². The zero-order chi connectivity index (χ0) is 13.9. The van der Waals surface area contributed by atoms with Crippen LogP contribution in [-0.2, 0) is 6.54 Å². The lowest BCUT2D eigenvalue weighted by Gasteiger charge is -2.24. The molecule has 0 bridgehead atoms. The van der Waals surface area contributed by atoms with E-state index in [9.17, 15) is 0 Å². The third-order valence-electron chi connectivity index (χ3n) is 4.61. The van der Waals surface area contributed by atoms with Crippen LogP contribution >= 0.6 is 0 Å². The molecule has 1 unspecified atom stereocenters. The summed E-state index contributed by atoms with van der Waals surface area (Å²) in [5.74, 6) is 0.912. The first-order chi connectivity index (χ1) is 9.76. The van der Waals surface area contributed by atoms with Gasteiger partial charge in [0.05, 0.1) is 7.11 Å². The van der Waals surface area contributed by atoms with Gasteiger partial charge in [0.1, 0.15) is 5.75 Å². The average molecular weight is 275 g/mol. The summed E-state index contributed by atoms with van der Waals surface area (Å²) in [4.78, 5) is 5.21. The molecule has 2 aliphatic rings. The number of hydrogen-bond acceptors (Lipinski definition) is 4. The molecule has 2 aliphatic heterocycles. The number of methoxy groups -OCH3 is 1. The second-order valence-corrected chi connectivity index (χ2v) is 5.99. The molecule has 3 rings (SSSR count). The quantitative estimate of drug-likeness (QED) is 0.853. The van der Waals surface area contributed by atoms with Crippen LogP contribution in [0.15, 0.2) is 18.2 Å². The van der Waals surface area contributed by atoms with Crippen molar-refractivity contribution in [3.05, 3.63) is 23.8 Å². The highest BCUT2D eigenvalue weighted by Crippen LogP contribution is 2.26. The van der Waals surface area contributed by atoms with Gasteiger partial charge in [-0.1, -0.05) is 6.07 Å². The predicted octanol–water partition coefficient (Wildman–Crippen LogP) is 1.95. The Kier molecular flexibility index (Phi) is 4.13. The van der Waals surface area contributed by atoms with Crippen molar-refractivity contribution < 1.29 is 4.74 Å². The zero-order valence-electron chi connectivity index (χ0n) is 12.3. The SMILES string of the molecule is COc1cc(N)ccc1CN1CCC(N2CCCC2)C1. The van der Waals surface area contributed by atoms with Gasteiger partial charge < -0.3 is 10.5 Å². The van der Waals surface area contributed by atoms with E-state index in [0.29, 0.717) is 0 Å². The molecule has 1 atom stereocenters. The maximum Gasteiger partial charge on any atom is 0.125 e. The van der Waals surface area contributed by atoms with Crippen molar-refractivity contribution in [2.45, 2.75) is 31.8 Å². The van der Waals surface area contributed by atoms with Crippen LogP contribution in [0, 0.1) is 0 Å². The van der Waals surface area contributed by atoms with Crippen LogP contribution in [-0.4, -0.2) is 49.1 Å². The van der Waals surface area contributed by atoms with Gasteiger partial charge in [-0.05, 0) is 38.4 Å². The van der Waals surface area contributed by atoms with E-state index in [2.05, 4.69) is 15.9 Å². The highest BCUT2D eigenvalue weighted by molar-refractivity contribution is 5.48. The summed E-state index contributed by atoms with van der Waals surface area (Å²) in [6.45, 7) is 5.93. The molecule has 0 amide bonds. The number of hydrogen-bond donors (Lipinski definition) is 1. The van der Waals surface area contributed by atoms with Gasteiger partial charge >= 0.3 is 0 Å². The Balaban J connectivity index is 1.61. The molecule has 20 heavy (non-hydrogen) atoms. The number of ether oxygens (including phenoxy) is 1. The van der Waals surface area contributed by atoms with Crippen LogP contribution in [0.3, 0.4) is 0 Å². The molecule has 0 saturated carbocycles. The molecule has 0 spiro atoms. The Morgan fingerprint density at radius 1 is 1.25 bits per heavy atom. The van der Waals surface area contributed by atoms with Crippen LogP contribution < -0.4 is 10.5 Å². The molecular formula is C16H25N3O. The molecule has 2 heterocycles. The second kappa shape index (κ2) is 6.02. The minimum atomic E-state index is 0.761. The first-order valence-corrected chi connectivity index (χ1v) is 7.65. The first-order valence-electron chi connectivity index (χ1n) is 7.65.